The van der Waals surface area contributed by atoms with E-state index in [1.54, 1.807) is 22.9 Å². The van der Waals surface area contributed by atoms with Crippen molar-refractivity contribution in [2.45, 2.75) is 39.3 Å². The molecule has 1 atom stereocenters. The molecule has 34 heavy (non-hydrogen) atoms. The Morgan fingerprint density at radius 2 is 2.00 bits per heavy atom. The Morgan fingerprint density at radius 1 is 1.21 bits per heavy atom. The molecule has 3 N–H and O–H groups in total. The Bertz CT molecular complexity index is 1400. The Kier molecular flexibility index (Phi) is 5.70. The maximum Gasteiger partial charge on any atom is 0.270 e. The van der Waals surface area contributed by atoms with E-state index in [1.807, 2.05) is 32.3 Å². The van der Waals surface area contributed by atoms with E-state index in [9.17, 15) is 4.79 Å². The van der Waals surface area contributed by atoms with Crippen LogP contribution in [0.2, 0.25) is 0 Å². The van der Waals surface area contributed by atoms with Gasteiger partial charge in [-0.2, -0.15) is 0 Å². The molecular weight excluding hydrogens is 430 g/mol. The lowest BCUT2D eigenvalue weighted by atomic mass is 10.1. The largest absolute Gasteiger partial charge is 0.414 e. The summed E-state index contributed by atoms with van der Waals surface area (Å²) in [6.45, 7) is 4.86. The Hall–Kier alpha value is -3.85. The molecule has 4 aromatic rings. The minimum atomic E-state index is -0.0237. The number of rotatable bonds is 7. The van der Waals surface area contributed by atoms with E-state index in [0.29, 0.717) is 23.2 Å². The number of hydrogen-bond donors (Lipinski definition) is 2. The van der Waals surface area contributed by atoms with Crippen molar-refractivity contribution in [3.05, 3.63) is 64.2 Å². The molecular formula is C25H27N7O2. The zero-order valence-corrected chi connectivity index (χ0v) is 19.4. The first-order valence-electron chi connectivity index (χ1n) is 11.4. The molecule has 1 aliphatic carbocycles. The van der Waals surface area contributed by atoms with Crippen LogP contribution >= 0.6 is 0 Å². The predicted octanol–water partition coefficient (Wildman–Crippen LogP) is 3.60. The van der Waals surface area contributed by atoms with Crippen LogP contribution in [0, 0.1) is 12.8 Å². The number of nitrogens with zero attached hydrogens (tertiary/aromatic N) is 5. The summed E-state index contributed by atoms with van der Waals surface area (Å²) in [6, 6.07) is 9.54. The lowest BCUT2D eigenvalue weighted by Crippen LogP contribution is -2.23. The minimum Gasteiger partial charge on any atom is -0.414 e. The van der Waals surface area contributed by atoms with E-state index >= 15 is 0 Å². The summed E-state index contributed by atoms with van der Waals surface area (Å²) < 4.78 is 7.73. The average Bonchev–Trinajstić information content (AvgIpc) is 3.57. The summed E-state index contributed by atoms with van der Waals surface area (Å²) in [5.74, 6) is 1.33. The fraction of sp³-hybridized carbons (Fsp3) is 0.320. The number of aryl methyl sites for hydroxylation is 1. The van der Waals surface area contributed by atoms with Gasteiger partial charge in [-0.15, -0.1) is 10.2 Å². The monoisotopic (exact) mass is 457 g/mol. The van der Waals surface area contributed by atoms with E-state index in [4.69, 9.17) is 10.2 Å². The maximum atomic E-state index is 12.4. The van der Waals surface area contributed by atoms with Crippen molar-refractivity contribution in [1.82, 2.24) is 30.0 Å². The minimum absolute atomic E-state index is 0.0237. The van der Waals surface area contributed by atoms with Crippen LogP contribution in [0.3, 0.4) is 0 Å². The Labute approximate surface area is 197 Å². The Balaban J connectivity index is 1.48. The molecule has 0 bridgehead atoms. The molecule has 1 unspecified atom stereocenters. The first-order valence-corrected chi connectivity index (χ1v) is 11.4. The number of nitrogens with two attached hydrogens (primary N) is 1. The van der Waals surface area contributed by atoms with Gasteiger partial charge < -0.3 is 20.0 Å². The van der Waals surface area contributed by atoms with Crippen LogP contribution in [-0.4, -0.2) is 31.8 Å². The highest BCUT2D eigenvalue weighted by Crippen LogP contribution is 2.39. The average molecular weight is 458 g/mol. The standard InChI is InChI=1S/C25H27N7O2/c1-14-10-16(11-27-3)4-8-19(14)24-30-31-25(34-24)22-23(26)28-12-20(29-22)18-7-9-21(33)32(13-18)15(2)17-5-6-17/h4,7-10,12-13,15,17,27H,5-6,11H2,1-3H3,(H2,26,28). The van der Waals surface area contributed by atoms with Crippen molar-refractivity contribution < 1.29 is 4.42 Å². The number of nitrogen functional groups attached to an aromatic ring is 1. The van der Waals surface area contributed by atoms with Gasteiger partial charge in [0.1, 0.15) is 0 Å². The van der Waals surface area contributed by atoms with Gasteiger partial charge in [0.25, 0.3) is 11.4 Å². The first-order chi connectivity index (χ1) is 16.4. The molecule has 3 heterocycles. The highest BCUT2D eigenvalue weighted by Gasteiger charge is 2.29. The molecule has 9 nitrogen and oxygen atoms in total. The van der Waals surface area contributed by atoms with E-state index in [1.165, 1.54) is 5.56 Å². The molecule has 0 spiro atoms. The van der Waals surface area contributed by atoms with Gasteiger partial charge in [0.15, 0.2) is 11.5 Å². The lowest BCUT2D eigenvalue weighted by Gasteiger charge is -2.15. The SMILES string of the molecule is CNCc1ccc(-c2nnc(-c3nc(-c4ccc(=O)n(C(C)C5CC5)c4)cnc3N)o2)c(C)c1. The number of nitrogens with one attached hydrogen (secondary N) is 1. The Morgan fingerprint density at radius 3 is 2.74 bits per heavy atom. The van der Waals surface area contributed by atoms with Crippen LogP contribution in [0.25, 0.3) is 34.3 Å². The van der Waals surface area contributed by atoms with Gasteiger partial charge in [-0.3, -0.25) is 4.79 Å². The topological polar surface area (TPSA) is 125 Å². The molecule has 0 radical (unpaired) electrons. The molecule has 1 aromatic carbocycles. The number of aromatic nitrogens is 5. The number of pyridine rings is 1. The fourth-order valence-electron chi connectivity index (χ4n) is 4.18. The number of hydrogen-bond acceptors (Lipinski definition) is 8. The number of benzene rings is 1. The molecule has 174 valence electrons. The maximum absolute atomic E-state index is 12.4. The molecule has 0 aliphatic heterocycles. The third-order valence-electron chi connectivity index (χ3n) is 6.31. The smallest absolute Gasteiger partial charge is 0.270 e. The molecule has 1 fully saturated rings. The van der Waals surface area contributed by atoms with Gasteiger partial charge in [-0.05, 0) is 62.9 Å². The van der Waals surface area contributed by atoms with Gasteiger partial charge in [-0.25, -0.2) is 9.97 Å². The summed E-state index contributed by atoms with van der Waals surface area (Å²) in [4.78, 5) is 21.4. The number of anilines is 1. The highest BCUT2D eigenvalue weighted by molar-refractivity contribution is 5.69. The van der Waals surface area contributed by atoms with Gasteiger partial charge >= 0.3 is 0 Å². The molecule has 0 saturated heterocycles. The van der Waals surface area contributed by atoms with Crippen molar-refractivity contribution in [3.8, 4) is 34.3 Å². The summed E-state index contributed by atoms with van der Waals surface area (Å²) in [5.41, 5.74) is 10.8. The van der Waals surface area contributed by atoms with Crippen molar-refractivity contribution in [2.24, 2.45) is 5.92 Å². The zero-order chi connectivity index (χ0) is 23.8. The molecule has 1 aliphatic rings. The van der Waals surface area contributed by atoms with Crippen LogP contribution in [0.4, 0.5) is 5.82 Å². The van der Waals surface area contributed by atoms with Crippen molar-refractivity contribution in [2.75, 3.05) is 12.8 Å². The van der Waals surface area contributed by atoms with Crippen molar-refractivity contribution in [1.29, 1.82) is 0 Å². The third kappa shape index (κ3) is 4.22. The summed E-state index contributed by atoms with van der Waals surface area (Å²) >= 11 is 0. The zero-order valence-electron chi connectivity index (χ0n) is 19.4. The predicted molar refractivity (Wildman–Crippen MR) is 130 cm³/mol. The quantitative estimate of drug-likeness (QED) is 0.431. The molecule has 5 rings (SSSR count). The van der Waals surface area contributed by atoms with Gasteiger partial charge in [-0.1, -0.05) is 12.1 Å². The van der Waals surface area contributed by atoms with Crippen LogP contribution in [0.15, 0.2) is 51.9 Å². The van der Waals surface area contributed by atoms with Gasteiger partial charge in [0.05, 0.1) is 11.9 Å². The molecule has 1 saturated carbocycles. The highest BCUT2D eigenvalue weighted by atomic mass is 16.4. The third-order valence-corrected chi connectivity index (χ3v) is 6.31. The fourth-order valence-corrected chi connectivity index (χ4v) is 4.18. The molecule has 3 aromatic heterocycles. The van der Waals surface area contributed by atoms with E-state index in [-0.39, 0.29) is 23.3 Å². The van der Waals surface area contributed by atoms with Crippen molar-refractivity contribution >= 4 is 5.82 Å². The van der Waals surface area contributed by atoms with E-state index in [0.717, 1.165) is 36.1 Å². The van der Waals surface area contributed by atoms with E-state index in [2.05, 4.69) is 38.5 Å². The lowest BCUT2D eigenvalue weighted by molar-refractivity contribution is 0.472. The van der Waals surface area contributed by atoms with Crippen LogP contribution in [-0.2, 0) is 6.54 Å². The van der Waals surface area contributed by atoms with Gasteiger partial charge in [0, 0.05) is 36.0 Å². The van der Waals surface area contributed by atoms with E-state index < -0.39 is 0 Å². The van der Waals surface area contributed by atoms with Crippen LogP contribution in [0.1, 0.15) is 36.9 Å². The molecule has 9 heteroatoms. The second-order valence-corrected chi connectivity index (χ2v) is 8.82. The van der Waals surface area contributed by atoms with Crippen molar-refractivity contribution in [3.63, 3.8) is 0 Å². The van der Waals surface area contributed by atoms with Crippen LogP contribution in [0.5, 0.6) is 0 Å². The summed E-state index contributed by atoms with van der Waals surface area (Å²) in [7, 11) is 1.91. The first kappa shape index (κ1) is 22.0. The van der Waals surface area contributed by atoms with Gasteiger partial charge in [0.2, 0.25) is 5.89 Å². The summed E-state index contributed by atoms with van der Waals surface area (Å²) in [5, 5.41) is 11.5. The second-order valence-electron chi connectivity index (χ2n) is 8.82. The normalized spacial score (nSPS) is 14.3. The van der Waals surface area contributed by atoms with Crippen LogP contribution < -0.4 is 16.6 Å². The molecule has 0 amide bonds. The summed E-state index contributed by atoms with van der Waals surface area (Å²) in [6.07, 6.45) is 5.74. The second kappa shape index (κ2) is 8.83.